The third-order valence-corrected chi connectivity index (χ3v) is 1.39. The fourth-order valence-electron chi connectivity index (χ4n) is 0.961. The van der Waals surface area contributed by atoms with Gasteiger partial charge in [0.1, 0.15) is 0 Å². The van der Waals surface area contributed by atoms with Crippen LogP contribution in [0.3, 0.4) is 0 Å². The highest BCUT2D eigenvalue weighted by Gasteiger charge is 2.27. The zero-order chi connectivity index (χ0) is 10.5. The smallest absolute Gasteiger partial charge is 0.308 e. The first kappa shape index (κ1) is 11.9. The number of amides is 1. The topological polar surface area (TPSA) is 89.6 Å². The molecule has 0 saturated carbocycles. The lowest BCUT2D eigenvalue weighted by atomic mass is 9.98. The first-order chi connectivity index (χ1) is 5.87. The lowest BCUT2D eigenvalue weighted by molar-refractivity contribution is -0.148. The lowest BCUT2D eigenvalue weighted by Crippen LogP contribution is -2.34. The molecule has 76 valence electrons. The standard InChI is InChI=1S/C8H15NO4/c1-3-13-7(11)5-8(2,12)4-6(9)10/h12H,3-5H2,1-2H3,(H2,9,10)/t8-/m1/s1. The van der Waals surface area contributed by atoms with Gasteiger partial charge in [0.05, 0.1) is 25.0 Å². The van der Waals surface area contributed by atoms with Crippen LogP contribution in [-0.4, -0.2) is 29.2 Å². The second kappa shape index (κ2) is 4.81. The van der Waals surface area contributed by atoms with E-state index < -0.39 is 17.5 Å². The van der Waals surface area contributed by atoms with Crippen molar-refractivity contribution in [3.8, 4) is 0 Å². The maximum Gasteiger partial charge on any atom is 0.308 e. The summed E-state index contributed by atoms with van der Waals surface area (Å²) in [5.41, 5.74) is 3.47. The molecule has 0 aliphatic heterocycles. The molecule has 1 amide bonds. The Morgan fingerprint density at radius 1 is 1.46 bits per heavy atom. The minimum atomic E-state index is -1.40. The molecule has 0 unspecified atom stereocenters. The van der Waals surface area contributed by atoms with Crippen LogP contribution in [0, 0.1) is 0 Å². The highest BCUT2D eigenvalue weighted by molar-refractivity contribution is 5.77. The van der Waals surface area contributed by atoms with E-state index in [0.29, 0.717) is 0 Å². The average molecular weight is 189 g/mol. The van der Waals surface area contributed by atoms with Crippen LogP contribution in [0.1, 0.15) is 26.7 Å². The van der Waals surface area contributed by atoms with Gasteiger partial charge in [-0.25, -0.2) is 0 Å². The van der Waals surface area contributed by atoms with Gasteiger partial charge in [-0.2, -0.15) is 0 Å². The van der Waals surface area contributed by atoms with E-state index in [1.54, 1.807) is 6.92 Å². The van der Waals surface area contributed by atoms with E-state index in [9.17, 15) is 14.7 Å². The highest BCUT2D eigenvalue weighted by Crippen LogP contribution is 2.14. The molecule has 0 saturated heterocycles. The van der Waals surface area contributed by atoms with E-state index >= 15 is 0 Å². The maximum absolute atomic E-state index is 10.9. The Morgan fingerprint density at radius 3 is 2.38 bits per heavy atom. The minimum absolute atomic E-state index is 0.218. The van der Waals surface area contributed by atoms with Crippen molar-refractivity contribution in [2.75, 3.05) is 6.61 Å². The summed E-state index contributed by atoms with van der Waals surface area (Å²) < 4.78 is 4.61. The molecular weight excluding hydrogens is 174 g/mol. The number of nitrogens with two attached hydrogens (primary N) is 1. The van der Waals surface area contributed by atoms with Crippen LogP contribution in [0.25, 0.3) is 0 Å². The number of hydrogen-bond donors (Lipinski definition) is 2. The molecule has 0 fully saturated rings. The summed E-state index contributed by atoms with van der Waals surface area (Å²) in [5.74, 6) is -1.18. The van der Waals surface area contributed by atoms with E-state index in [-0.39, 0.29) is 19.4 Å². The van der Waals surface area contributed by atoms with Gasteiger partial charge >= 0.3 is 5.97 Å². The minimum Gasteiger partial charge on any atom is -0.466 e. The molecule has 1 atom stereocenters. The van der Waals surface area contributed by atoms with Gasteiger partial charge in [0, 0.05) is 0 Å². The number of primary amides is 1. The third-order valence-electron chi connectivity index (χ3n) is 1.39. The summed E-state index contributed by atoms with van der Waals surface area (Å²) in [5, 5.41) is 9.48. The van der Waals surface area contributed by atoms with Gasteiger partial charge in [-0.1, -0.05) is 0 Å². The predicted octanol–water partition coefficient (Wildman–Crippen LogP) is -0.434. The maximum atomic E-state index is 10.9. The monoisotopic (exact) mass is 189 g/mol. The van der Waals surface area contributed by atoms with Gasteiger partial charge in [-0.05, 0) is 13.8 Å². The SMILES string of the molecule is CCOC(=O)C[C@](C)(O)CC(N)=O. The lowest BCUT2D eigenvalue weighted by Gasteiger charge is -2.19. The molecule has 0 bridgehead atoms. The van der Waals surface area contributed by atoms with E-state index in [4.69, 9.17) is 5.73 Å². The Hall–Kier alpha value is -1.10. The van der Waals surface area contributed by atoms with Crippen LogP contribution in [-0.2, 0) is 14.3 Å². The fourth-order valence-corrected chi connectivity index (χ4v) is 0.961. The number of hydrogen-bond acceptors (Lipinski definition) is 4. The zero-order valence-corrected chi connectivity index (χ0v) is 7.87. The Balaban J connectivity index is 4.00. The van der Waals surface area contributed by atoms with Gasteiger partial charge < -0.3 is 15.6 Å². The first-order valence-electron chi connectivity index (χ1n) is 4.03. The van der Waals surface area contributed by atoms with Gasteiger partial charge in [0.2, 0.25) is 5.91 Å². The summed E-state index contributed by atoms with van der Waals surface area (Å²) in [6, 6.07) is 0. The molecule has 0 spiro atoms. The second-order valence-corrected chi connectivity index (χ2v) is 3.12. The van der Waals surface area contributed by atoms with E-state index in [0.717, 1.165) is 0 Å². The van der Waals surface area contributed by atoms with Crippen molar-refractivity contribution in [3.63, 3.8) is 0 Å². The van der Waals surface area contributed by atoms with Crippen LogP contribution in [0.15, 0.2) is 0 Å². The van der Waals surface area contributed by atoms with Crippen molar-refractivity contribution in [2.45, 2.75) is 32.3 Å². The molecule has 0 aliphatic carbocycles. The highest BCUT2D eigenvalue weighted by atomic mass is 16.5. The van der Waals surface area contributed by atoms with Crippen molar-refractivity contribution >= 4 is 11.9 Å². The molecule has 0 rings (SSSR count). The molecule has 5 nitrogen and oxygen atoms in total. The van der Waals surface area contributed by atoms with Gasteiger partial charge in [-0.3, -0.25) is 9.59 Å². The second-order valence-electron chi connectivity index (χ2n) is 3.12. The Kier molecular flexibility index (Phi) is 4.40. The van der Waals surface area contributed by atoms with Crippen molar-refractivity contribution in [2.24, 2.45) is 5.73 Å². The van der Waals surface area contributed by atoms with E-state index in [1.807, 2.05) is 0 Å². The van der Waals surface area contributed by atoms with E-state index in [2.05, 4.69) is 4.74 Å². The third kappa shape index (κ3) is 6.10. The normalized spacial score (nSPS) is 14.7. The van der Waals surface area contributed by atoms with Crippen LogP contribution in [0.5, 0.6) is 0 Å². The summed E-state index contributed by atoms with van der Waals surface area (Å²) in [6.07, 6.45) is -0.463. The number of carbonyl (C=O) groups is 2. The molecular formula is C8H15NO4. The van der Waals surface area contributed by atoms with Gasteiger partial charge in [0.25, 0.3) is 0 Å². The molecule has 5 heteroatoms. The largest absolute Gasteiger partial charge is 0.466 e. The van der Waals surface area contributed by atoms with Crippen molar-refractivity contribution in [1.29, 1.82) is 0 Å². The molecule has 0 aromatic heterocycles. The molecule has 0 heterocycles. The molecule has 0 aliphatic rings. The number of aliphatic hydroxyl groups is 1. The van der Waals surface area contributed by atoms with Crippen molar-refractivity contribution in [1.82, 2.24) is 0 Å². The molecule has 0 aromatic rings. The number of carbonyl (C=O) groups excluding carboxylic acids is 2. The summed E-state index contributed by atoms with van der Waals surface area (Å²) >= 11 is 0. The Bertz CT molecular complexity index is 200. The molecule has 3 N–H and O–H groups in total. The van der Waals surface area contributed by atoms with Crippen molar-refractivity contribution < 1.29 is 19.4 Å². The molecule has 0 aromatic carbocycles. The first-order valence-corrected chi connectivity index (χ1v) is 4.03. The van der Waals surface area contributed by atoms with Crippen LogP contribution >= 0.6 is 0 Å². The Labute approximate surface area is 76.9 Å². The fraction of sp³-hybridized carbons (Fsp3) is 0.750. The Morgan fingerprint density at radius 2 is 2.00 bits per heavy atom. The van der Waals surface area contributed by atoms with E-state index in [1.165, 1.54) is 6.92 Å². The summed E-state index contributed by atoms with van der Waals surface area (Å²) in [6.45, 7) is 3.29. The quantitative estimate of drug-likeness (QED) is 0.574. The van der Waals surface area contributed by atoms with Crippen LogP contribution < -0.4 is 5.73 Å². The van der Waals surface area contributed by atoms with Crippen molar-refractivity contribution in [3.05, 3.63) is 0 Å². The predicted molar refractivity (Wildman–Crippen MR) is 45.7 cm³/mol. The number of rotatable bonds is 5. The van der Waals surface area contributed by atoms with Gasteiger partial charge in [-0.15, -0.1) is 0 Å². The van der Waals surface area contributed by atoms with Crippen LogP contribution in [0.2, 0.25) is 0 Å². The zero-order valence-electron chi connectivity index (χ0n) is 7.87. The average Bonchev–Trinajstić information content (AvgIpc) is 1.81. The summed E-state index contributed by atoms with van der Waals surface area (Å²) in [7, 11) is 0. The molecule has 13 heavy (non-hydrogen) atoms. The number of ether oxygens (including phenoxy) is 1. The molecule has 0 radical (unpaired) electrons. The summed E-state index contributed by atoms with van der Waals surface area (Å²) in [4.78, 5) is 21.4. The number of esters is 1. The van der Waals surface area contributed by atoms with Crippen LogP contribution in [0.4, 0.5) is 0 Å². The van der Waals surface area contributed by atoms with Gasteiger partial charge in [0.15, 0.2) is 0 Å².